The molecule has 0 bridgehead atoms. The Hall–Kier alpha value is -2.95. The maximum absolute atomic E-state index is 12.8. The average molecular weight is 376 g/mol. The molecule has 5 nitrogen and oxygen atoms in total. The summed E-state index contributed by atoms with van der Waals surface area (Å²) in [5.41, 5.74) is 4.66. The van der Waals surface area contributed by atoms with Crippen molar-refractivity contribution in [3.63, 3.8) is 0 Å². The number of carbonyl (C=O) groups is 1. The number of hydrogen-bond acceptors (Lipinski definition) is 3. The predicted octanol–water partition coefficient (Wildman–Crippen LogP) is 4.50. The summed E-state index contributed by atoms with van der Waals surface area (Å²) < 4.78 is 0. The van der Waals surface area contributed by atoms with Crippen LogP contribution in [0.25, 0.3) is 5.57 Å². The molecule has 1 heterocycles. The number of hydrogen-bond donors (Lipinski definition) is 0. The standard InChI is InChI=1S/C23H24N2O3/c1-2-17-16-23(20-9-5-4-8-19(17)20)11-13-24(14-12-23)22(26)15-18-7-3-6-10-21(18)25(27)28/h3-10,16H,2,11-15H2,1H3. The summed E-state index contributed by atoms with van der Waals surface area (Å²) in [6, 6.07) is 15.1. The van der Waals surface area contributed by atoms with E-state index in [1.54, 1.807) is 18.2 Å². The zero-order valence-corrected chi connectivity index (χ0v) is 16.1. The molecule has 1 saturated heterocycles. The maximum atomic E-state index is 12.8. The van der Waals surface area contributed by atoms with E-state index >= 15 is 0 Å². The van der Waals surface area contributed by atoms with Gasteiger partial charge in [0.15, 0.2) is 0 Å². The molecule has 2 aromatic rings. The summed E-state index contributed by atoms with van der Waals surface area (Å²) >= 11 is 0. The molecule has 0 saturated carbocycles. The molecule has 1 fully saturated rings. The first-order valence-corrected chi connectivity index (χ1v) is 9.86. The molecule has 0 radical (unpaired) electrons. The van der Waals surface area contributed by atoms with Crippen LogP contribution in [0.15, 0.2) is 54.6 Å². The maximum Gasteiger partial charge on any atom is 0.273 e. The third kappa shape index (κ3) is 3.11. The van der Waals surface area contributed by atoms with Crippen LogP contribution in [0.5, 0.6) is 0 Å². The number of fused-ring (bicyclic) bond motifs is 2. The van der Waals surface area contributed by atoms with Crippen LogP contribution in [0.2, 0.25) is 0 Å². The van der Waals surface area contributed by atoms with Crippen LogP contribution in [-0.2, 0) is 16.6 Å². The number of nitro benzene ring substituents is 1. The number of allylic oxidation sites excluding steroid dienone is 2. The van der Waals surface area contributed by atoms with Crippen molar-refractivity contribution in [2.45, 2.75) is 38.0 Å². The molecule has 2 aromatic carbocycles. The number of para-hydroxylation sites is 1. The van der Waals surface area contributed by atoms with Crippen LogP contribution in [0.3, 0.4) is 0 Å². The summed E-state index contributed by atoms with van der Waals surface area (Å²) in [5, 5.41) is 11.2. The van der Waals surface area contributed by atoms with Gasteiger partial charge in [0.25, 0.3) is 5.69 Å². The smallest absolute Gasteiger partial charge is 0.273 e. The highest BCUT2D eigenvalue weighted by molar-refractivity contribution is 5.81. The fourth-order valence-corrected chi connectivity index (χ4v) is 4.66. The minimum atomic E-state index is -0.416. The molecule has 0 unspecified atom stereocenters. The van der Waals surface area contributed by atoms with Crippen molar-refractivity contribution in [2.75, 3.05) is 13.1 Å². The van der Waals surface area contributed by atoms with E-state index in [2.05, 4.69) is 37.3 Å². The van der Waals surface area contributed by atoms with Crippen LogP contribution in [0.1, 0.15) is 42.9 Å². The lowest BCUT2D eigenvalue weighted by molar-refractivity contribution is -0.385. The number of benzene rings is 2. The quantitative estimate of drug-likeness (QED) is 0.583. The van der Waals surface area contributed by atoms with Crippen molar-refractivity contribution in [2.24, 2.45) is 0 Å². The van der Waals surface area contributed by atoms with Gasteiger partial charge in [-0.2, -0.15) is 0 Å². The van der Waals surface area contributed by atoms with Gasteiger partial charge in [0, 0.05) is 30.1 Å². The van der Waals surface area contributed by atoms with Gasteiger partial charge in [0.1, 0.15) is 0 Å². The first-order chi connectivity index (χ1) is 13.5. The third-order valence-electron chi connectivity index (χ3n) is 6.18. The van der Waals surface area contributed by atoms with Gasteiger partial charge in [0.2, 0.25) is 5.91 Å². The Bertz CT molecular complexity index is 956. The highest BCUT2D eigenvalue weighted by Gasteiger charge is 2.40. The molecular weight excluding hydrogens is 352 g/mol. The lowest BCUT2D eigenvalue weighted by atomic mass is 9.74. The van der Waals surface area contributed by atoms with E-state index in [0.29, 0.717) is 18.7 Å². The summed E-state index contributed by atoms with van der Waals surface area (Å²) in [6.07, 6.45) is 5.31. The number of nitrogens with zero attached hydrogens (tertiary/aromatic N) is 2. The molecule has 28 heavy (non-hydrogen) atoms. The average Bonchev–Trinajstić information content (AvgIpc) is 3.02. The van der Waals surface area contributed by atoms with Gasteiger partial charge in [-0.1, -0.05) is 55.5 Å². The molecule has 144 valence electrons. The molecular formula is C23H24N2O3. The van der Waals surface area contributed by atoms with E-state index in [1.807, 2.05) is 4.90 Å². The number of carbonyl (C=O) groups excluding carboxylic acids is 1. The zero-order valence-electron chi connectivity index (χ0n) is 16.1. The van der Waals surface area contributed by atoms with Gasteiger partial charge in [0.05, 0.1) is 11.3 Å². The van der Waals surface area contributed by atoms with Crippen LogP contribution < -0.4 is 0 Å². The fourth-order valence-electron chi connectivity index (χ4n) is 4.66. The fraction of sp³-hybridized carbons (Fsp3) is 0.348. The topological polar surface area (TPSA) is 63.5 Å². The van der Waals surface area contributed by atoms with Gasteiger partial charge in [-0.15, -0.1) is 0 Å². The van der Waals surface area contributed by atoms with E-state index in [4.69, 9.17) is 0 Å². The molecule has 2 aliphatic rings. The van der Waals surface area contributed by atoms with E-state index < -0.39 is 4.92 Å². The van der Waals surface area contributed by atoms with Gasteiger partial charge in [-0.3, -0.25) is 14.9 Å². The van der Waals surface area contributed by atoms with E-state index in [9.17, 15) is 14.9 Å². The van der Waals surface area contributed by atoms with Gasteiger partial charge in [-0.25, -0.2) is 0 Å². The van der Waals surface area contributed by atoms with Crippen molar-refractivity contribution in [3.8, 4) is 0 Å². The number of amides is 1. The summed E-state index contributed by atoms with van der Waals surface area (Å²) in [6.45, 7) is 3.55. The van der Waals surface area contributed by atoms with Gasteiger partial charge in [-0.05, 0) is 36.0 Å². The second-order valence-corrected chi connectivity index (χ2v) is 7.67. The van der Waals surface area contributed by atoms with Crippen molar-refractivity contribution in [1.82, 2.24) is 4.90 Å². The van der Waals surface area contributed by atoms with E-state index in [-0.39, 0.29) is 23.4 Å². The lowest BCUT2D eigenvalue weighted by Gasteiger charge is -2.39. The first-order valence-electron chi connectivity index (χ1n) is 9.86. The Labute approximate surface area is 164 Å². The molecule has 0 atom stereocenters. The summed E-state index contributed by atoms with van der Waals surface area (Å²) in [5.74, 6) is -0.0323. The van der Waals surface area contributed by atoms with Gasteiger partial charge >= 0.3 is 0 Å². The summed E-state index contributed by atoms with van der Waals surface area (Å²) in [7, 11) is 0. The Balaban J connectivity index is 1.49. The van der Waals surface area contributed by atoms with Crippen LogP contribution >= 0.6 is 0 Å². The van der Waals surface area contributed by atoms with Crippen LogP contribution in [0.4, 0.5) is 5.69 Å². The zero-order chi connectivity index (χ0) is 19.7. The van der Waals surface area contributed by atoms with E-state index in [1.165, 1.54) is 22.8 Å². The van der Waals surface area contributed by atoms with Crippen LogP contribution in [0, 0.1) is 10.1 Å². The largest absolute Gasteiger partial charge is 0.342 e. The van der Waals surface area contributed by atoms with Crippen molar-refractivity contribution in [1.29, 1.82) is 0 Å². The Morgan fingerprint density at radius 2 is 1.79 bits per heavy atom. The Morgan fingerprint density at radius 1 is 1.11 bits per heavy atom. The molecule has 1 amide bonds. The molecule has 0 N–H and O–H groups in total. The molecule has 1 aliphatic heterocycles. The lowest BCUT2D eigenvalue weighted by Crippen LogP contribution is -2.44. The van der Waals surface area contributed by atoms with Crippen molar-refractivity contribution in [3.05, 3.63) is 81.4 Å². The molecule has 0 aromatic heterocycles. The minimum absolute atomic E-state index is 0.0181. The van der Waals surface area contributed by atoms with Crippen molar-refractivity contribution >= 4 is 17.2 Å². The first kappa shape index (κ1) is 18.4. The normalized spacial score (nSPS) is 17.3. The number of likely N-dealkylation sites (tertiary alicyclic amines) is 1. The van der Waals surface area contributed by atoms with Crippen LogP contribution in [-0.4, -0.2) is 28.8 Å². The Morgan fingerprint density at radius 3 is 2.50 bits per heavy atom. The van der Waals surface area contributed by atoms with Gasteiger partial charge < -0.3 is 4.90 Å². The molecule has 5 heteroatoms. The van der Waals surface area contributed by atoms with E-state index in [0.717, 1.165) is 19.3 Å². The highest BCUT2D eigenvalue weighted by Crippen LogP contribution is 2.47. The molecule has 1 spiro atoms. The Kier molecular flexibility index (Phi) is 4.75. The molecule has 4 rings (SSSR count). The van der Waals surface area contributed by atoms with Crippen molar-refractivity contribution < 1.29 is 9.72 Å². The number of nitro groups is 1. The second-order valence-electron chi connectivity index (χ2n) is 7.67. The number of piperidine rings is 1. The monoisotopic (exact) mass is 376 g/mol. The highest BCUT2D eigenvalue weighted by atomic mass is 16.6. The molecule has 1 aliphatic carbocycles. The second kappa shape index (κ2) is 7.23. The number of rotatable bonds is 4. The SMILES string of the molecule is CCC1=CC2(CCN(C(=O)Cc3ccccc3[N+](=O)[O-])CC2)c2ccccc21. The summed E-state index contributed by atoms with van der Waals surface area (Å²) in [4.78, 5) is 25.4. The predicted molar refractivity (Wildman–Crippen MR) is 109 cm³/mol. The third-order valence-corrected chi connectivity index (χ3v) is 6.18. The minimum Gasteiger partial charge on any atom is -0.342 e.